The van der Waals surface area contributed by atoms with Crippen LogP contribution in [0.2, 0.25) is 0 Å². The number of aryl methyl sites for hydroxylation is 2. The zero-order valence-corrected chi connectivity index (χ0v) is 16.2. The number of carbonyl (C=O) groups is 3. The van der Waals surface area contributed by atoms with Crippen molar-refractivity contribution in [1.29, 1.82) is 0 Å². The van der Waals surface area contributed by atoms with E-state index < -0.39 is 23.7 Å². The number of aliphatic hydroxyl groups excluding tert-OH is 1. The van der Waals surface area contributed by atoms with Crippen molar-refractivity contribution in [2.24, 2.45) is 5.92 Å². The van der Waals surface area contributed by atoms with Crippen molar-refractivity contribution >= 4 is 23.3 Å². The number of aliphatic hydroxyl groups is 1. The van der Waals surface area contributed by atoms with Gasteiger partial charge in [-0.15, -0.1) is 0 Å². The average Bonchev–Trinajstić information content (AvgIpc) is 3.49. The highest BCUT2D eigenvalue weighted by Gasteiger charge is 2.48. The lowest BCUT2D eigenvalue weighted by Gasteiger charge is -2.28. The van der Waals surface area contributed by atoms with Crippen LogP contribution in [0.4, 0.5) is 5.69 Å². The van der Waals surface area contributed by atoms with Gasteiger partial charge in [0.05, 0.1) is 17.2 Å². The molecule has 2 aliphatic rings. The van der Waals surface area contributed by atoms with E-state index in [0.717, 1.165) is 29.5 Å². The number of carboxylic acids is 1. The van der Waals surface area contributed by atoms with Crippen LogP contribution in [0, 0.1) is 19.8 Å². The number of rotatable bonds is 5. The second-order valence-electron chi connectivity index (χ2n) is 7.69. The molecule has 1 aliphatic heterocycles. The van der Waals surface area contributed by atoms with E-state index >= 15 is 0 Å². The van der Waals surface area contributed by atoms with Crippen LogP contribution in [0.3, 0.4) is 0 Å². The molecular weight excluding hydrogens is 370 g/mol. The zero-order valence-electron chi connectivity index (χ0n) is 16.2. The second-order valence-corrected chi connectivity index (χ2v) is 7.69. The first-order chi connectivity index (χ1) is 13.8. The monoisotopic (exact) mass is 391 g/mol. The molecule has 1 atom stereocenters. The number of benzene rings is 2. The van der Waals surface area contributed by atoms with Gasteiger partial charge in [-0.3, -0.25) is 14.5 Å². The Bertz CT molecular complexity index is 1060. The molecule has 0 spiro atoms. The van der Waals surface area contributed by atoms with Crippen LogP contribution in [0.5, 0.6) is 0 Å². The number of hydrogen-bond acceptors (Lipinski definition) is 4. The second kappa shape index (κ2) is 6.88. The van der Waals surface area contributed by atoms with Gasteiger partial charge in [-0.1, -0.05) is 23.8 Å². The van der Waals surface area contributed by atoms with Crippen molar-refractivity contribution < 1.29 is 24.6 Å². The number of carbonyl (C=O) groups excluding carboxylic acids is 2. The number of Topliss-reactive ketones (excluding diaryl/α,β-unsaturated/α-hetero) is 1. The van der Waals surface area contributed by atoms with Crippen molar-refractivity contribution in [3.63, 3.8) is 0 Å². The number of anilines is 1. The minimum Gasteiger partial charge on any atom is -0.503 e. The molecule has 6 heteroatoms. The van der Waals surface area contributed by atoms with Gasteiger partial charge in [0, 0.05) is 11.6 Å². The summed E-state index contributed by atoms with van der Waals surface area (Å²) >= 11 is 0. The first kappa shape index (κ1) is 18.9. The van der Waals surface area contributed by atoms with Crippen molar-refractivity contribution in [3.05, 3.63) is 76.1 Å². The summed E-state index contributed by atoms with van der Waals surface area (Å²) < 4.78 is 0. The fourth-order valence-corrected chi connectivity index (χ4v) is 3.88. The molecule has 4 rings (SSSR count). The van der Waals surface area contributed by atoms with Gasteiger partial charge in [0.1, 0.15) is 0 Å². The Morgan fingerprint density at radius 3 is 2.24 bits per heavy atom. The van der Waals surface area contributed by atoms with Crippen molar-refractivity contribution in [2.45, 2.75) is 32.7 Å². The molecule has 1 amide bonds. The predicted molar refractivity (Wildman–Crippen MR) is 107 cm³/mol. The number of aromatic carboxylic acids is 1. The van der Waals surface area contributed by atoms with Crippen LogP contribution in [0.15, 0.2) is 53.8 Å². The summed E-state index contributed by atoms with van der Waals surface area (Å²) in [7, 11) is 0. The average molecular weight is 391 g/mol. The van der Waals surface area contributed by atoms with Gasteiger partial charge in [0.25, 0.3) is 5.91 Å². The van der Waals surface area contributed by atoms with Gasteiger partial charge in [0.15, 0.2) is 11.5 Å². The van der Waals surface area contributed by atoms with Crippen LogP contribution in [-0.4, -0.2) is 27.9 Å². The summed E-state index contributed by atoms with van der Waals surface area (Å²) in [4.78, 5) is 38.5. The predicted octanol–water partition coefficient (Wildman–Crippen LogP) is 3.88. The number of amides is 1. The molecule has 0 radical (unpaired) electrons. The van der Waals surface area contributed by atoms with Crippen LogP contribution in [0.25, 0.3) is 0 Å². The highest BCUT2D eigenvalue weighted by atomic mass is 16.4. The van der Waals surface area contributed by atoms with Crippen molar-refractivity contribution in [3.8, 4) is 0 Å². The summed E-state index contributed by atoms with van der Waals surface area (Å²) in [6.45, 7) is 3.87. The maximum absolute atomic E-state index is 13.0. The molecule has 148 valence electrons. The van der Waals surface area contributed by atoms with Gasteiger partial charge >= 0.3 is 5.97 Å². The lowest BCUT2D eigenvalue weighted by atomic mass is 9.90. The van der Waals surface area contributed by atoms with Gasteiger partial charge in [0.2, 0.25) is 0 Å². The summed E-state index contributed by atoms with van der Waals surface area (Å²) in [6, 6.07) is 10.9. The van der Waals surface area contributed by atoms with E-state index in [1.54, 1.807) is 0 Å². The molecule has 1 fully saturated rings. The minimum atomic E-state index is -1.07. The van der Waals surface area contributed by atoms with Gasteiger partial charge in [-0.05, 0) is 62.1 Å². The standard InChI is InChI=1S/C23H21NO5/c1-12-3-10-17(13(2)11-12)19-18(20(25)14-4-5-14)21(26)22(27)24(19)16-8-6-15(7-9-16)23(28)29/h3,6-11,14,19,26H,4-5H2,1-2H3,(H,28,29)/t19-/m0/s1. The maximum Gasteiger partial charge on any atom is 0.335 e. The molecule has 2 aromatic carbocycles. The molecule has 1 heterocycles. The smallest absolute Gasteiger partial charge is 0.335 e. The Hall–Kier alpha value is -3.41. The lowest BCUT2D eigenvalue weighted by molar-refractivity contribution is -0.118. The Labute approximate surface area is 168 Å². The summed E-state index contributed by atoms with van der Waals surface area (Å²) in [6.07, 6.45) is 1.52. The Balaban J connectivity index is 1.86. The third-order valence-corrected chi connectivity index (χ3v) is 5.53. The molecule has 0 bridgehead atoms. The molecule has 0 saturated heterocycles. The van der Waals surface area contributed by atoms with Crippen LogP contribution < -0.4 is 4.90 Å². The number of nitrogens with zero attached hydrogens (tertiary/aromatic N) is 1. The third kappa shape index (κ3) is 3.20. The molecule has 2 N–H and O–H groups in total. The van der Waals surface area contributed by atoms with E-state index in [0.29, 0.717) is 5.69 Å². The SMILES string of the molecule is Cc1ccc([C@H]2C(C(=O)C3CC3)=C(O)C(=O)N2c2ccc(C(=O)O)cc2)c(C)c1. The first-order valence-corrected chi connectivity index (χ1v) is 9.51. The summed E-state index contributed by atoms with van der Waals surface area (Å²) in [5.74, 6) is -2.58. The number of hydrogen-bond donors (Lipinski definition) is 2. The third-order valence-electron chi connectivity index (χ3n) is 5.53. The first-order valence-electron chi connectivity index (χ1n) is 9.51. The van der Waals surface area contributed by atoms with E-state index in [2.05, 4.69) is 0 Å². The lowest BCUT2D eigenvalue weighted by Crippen LogP contribution is -2.31. The normalized spacial score (nSPS) is 19.0. The molecule has 1 saturated carbocycles. The fraction of sp³-hybridized carbons (Fsp3) is 0.261. The topological polar surface area (TPSA) is 94.9 Å². The van der Waals surface area contributed by atoms with E-state index in [4.69, 9.17) is 5.11 Å². The molecule has 2 aromatic rings. The van der Waals surface area contributed by atoms with E-state index in [1.165, 1.54) is 29.2 Å². The molecule has 29 heavy (non-hydrogen) atoms. The Morgan fingerprint density at radius 1 is 1.03 bits per heavy atom. The Morgan fingerprint density at radius 2 is 1.69 bits per heavy atom. The van der Waals surface area contributed by atoms with Crippen molar-refractivity contribution in [1.82, 2.24) is 0 Å². The van der Waals surface area contributed by atoms with Crippen molar-refractivity contribution in [2.75, 3.05) is 4.90 Å². The molecular formula is C23H21NO5. The summed E-state index contributed by atoms with van der Waals surface area (Å²) in [5.41, 5.74) is 3.37. The maximum atomic E-state index is 13.0. The quantitative estimate of drug-likeness (QED) is 0.807. The number of carboxylic acid groups (broad SMARTS) is 1. The zero-order chi connectivity index (χ0) is 20.9. The minimum absolute atomic E-state index is 0.0925. The van der Waals surface area contributed by atoms with Crippen LogP contribution in [0.1, 0.15) is 45.9 Å². The Kier molecular flexibility index (Phi) is 4.49. The molecule has 0 aromatic heterocycles. The highest BCUT2D eigenvalue weighted by Crippen LogP contribution is 2.45. The molecule has 1 aliphatic carbocycles. The van der Waals surface area contributed by atoms with Crippen LogP contribution in [-0.2, 0) is 9.59 Å². The largest absolute Gasteiger partial charge is 0.503 e. The fourth-order valence-electron chi connectivity index (χ4n) is 3.88. The number of ketones is 1. The van der Waals surface area contributed by atoms with E-state index in [1.807, 2.05) is 32.0 Å². The summed E-state index contributed by atoms with van der Waals surface area (Å²) in [5, 5.41) is 19.8. The van der Waals surface area contributed by atoms with Crippen LogP contribution >= 0.6 is 0 Å². The molecule has 6 nitrogen and oxygen atoms in total. The van der Waals surface area contributed by atoms with Gasteiger partial charge < -0.3 is 10.2 Å². The van der Waals surface area contributed by atoms with E-state index in [9.17, 15) is 19.5 Å². The van der Waals surface area contributed by atoms with E-state index in [-0.39, 0.29) is 22.8 Å². The molecule has 0 unspecified atom stereocenters. The van der Waals surface area contributed by atoms with Gasteiger partial charge in [-0.2, -0.15) is 0 Å². The van der Waals surface area contributed by atoms with Gasteiger partial charge in [-0.25, -0.2) is 4.79 Å². The highest BCUT2D eigenvalue weighted by molar-refractivity contribution is 6.17.